The smallest absolute Gasteiger partial charge is 0.0223 e. The summed E-state index contributed by atoms with van der Waals surface area (Å²) in [6, 6.07) is 0. The molecule has 1 heterocycles. The van der Waals surface area contributed by atoms with Crippen LogP contribution >= 0.6 is 11.6 Å². The summed E-state index contributed by atoms with van der Waals surface area (Å²) in [5.41, 5.74) is 0. The van der Waals surface area contributed by atoms with Crippen LogP contribution in [0, 0.1) is 0 Å². The van der Waals surface area contributed by atoms with E-state index < -0.39 is 0 Å². The lowest BCUT2D eigenvalue weighted by molar-refractivity contribution is 0.857. The van der Waals surface area contributed by atoms with Crippen LogP contribution < -0.4 is 5.32 Å². The molecule has 0 aromatic rings. The van der Waals surface area contributed by atoms with Gasteiger partial charge in [0, 0.05) is 5.88 Å². The second-order valence-electron chi connectivity index (χ2n) is 2.50. The van der Waals surface area contributed by atoms with Crippen LogP contribution in [0.25, 0.3) is 0 Å². The zero-order chi connectivity index (χ0) is 7.66. The van der Waals surface area contributed by atoms with E-state index in [1.165, 1.54) is 32.4 Å². The maximum atomic E-state index is 5.30. The Bertz CT molecular complexity index is 43.6. The third kappa shape index (κ3) is 8.25. The molecular weight excluding hydrogens is 146 g/mol. The van der Waals surface area contributed by atoms with Gasteiger partial charge in [-0.25, -0.2) is 0 Å². The second-order valence-corrected chi connectivity index (χ2v) is 2.88. The van der Waals surface area contributed by atoms with Gasteiger partial charge in [-0.2, -0.15) is 0 Å². The molecule has 0 amide bonds. The summed E-state index contributed by atoms with van der Waals surface area (Å²) >= 11 is 5.30. The molecule has 0 radical (unpaired) electrons. The molecule has 0 aromatic heterocycles. The van der Waals surface area contributed by atoms with E-state index in [9.17, 15) is 0 Å². The van der Waals surface area contributed by atoms with Crippen LogP contribution in [0.3, 0.4) is 0 Å². The van der Waals surface area contributed by atoms with E-state index in [1.807, 2.05) is 0 Å². The van der Waals surface area contributed by atoms with Gasteiger partial charge in [-0.1, -0.05) is 13.3 Å². The normalized spacial score (nSPS) is 16.2. The van der Waals surface area contributed by atoms with E-state index in [0.717, 1.165) is 12.3 Å². The molecule has 10 heavy (non-hydrogen) atoms. The Balaban J connectivity index is 0.000000162. The fourth-order valence-electron chi connectivity index (χ4n) is 0.759. The molecule has 1 fully saturated rings. The van der Waals surface area contributed by atoms with Crippen molar-refractivity contribution < 1.29 is 0 Å². The molecule has 0 atom stereocenters. The first-order valence-electron chi connectivity index (χ1n) is 4.18. The molecule has 1 N–H and O–H groups in total. The number of alkyl halides is 1. The average Bonchev–Trinajstić information content (AvgIpc) is 2.44. The van der Waals surface area contributed by atoms with E-state index in [4.69, 9.17) is 11.6 Å². The Morgan fingerprint density at radius 2 is 1.90 bits per heavy atom. The third-order valence-corrected chi connectivity index (χ3v) is 1.71. The summed E-state index contributed by atoms with van der Waals surface area (Å²) in [6.45, 7) is 4.63. The van der Waals surface area contributed by atoms with Gasteiger partial charge in [-0.3, -0.25) is 0 Å². The molecule has 0 aromatic carbocycles. The highest BCUT2D eigenvalue weighted by molar-refractivity contribution is 6.17. The minimum atomic E-state index is 0.816. The van der Waals surface area contributed by atoms with Gasteiger partial charge in [0.25, 0.3) is 0 Å². The lowest BCUT2D eigenvalue weighted by atomic mass is 10.4. The van der Waals surface area contributed by atoms with Crippen molar-refractivity contribution in [3.63, 3.8) is 0 Å². The molecule has 1 saturated heterocycles. The van der Waals surface area contributed by atoms with Crippen molar-refractivity contribution in [2.45, 2.75) is 32.6 Å². The van der Waals surface area contributed by atoms with Crippen molar-refractivity contribution in [2.24, 2.45) is 0 Å². The van der Waals surface area contributed by atoms with Crippen molar-refractivity contribution in [3.05, 3.63) is 0 Å². The first kappa shape index (κ1) is 10.2. The van der Waals surface area contributed by atoms with Gasteiger partial charge in [0.1, 0.15) is 0 Å². The fraction of sp³-hybridized carbons (Fsp3) is 1.00. The third-order valence-electron chi connectivity index (χ3n) is 1.44. The lowest BCUT2D eigenvalue weighted by Crippen LogP contribution is -2.03. The number of halogens is 1. The van der Waals surface area contributed by atoms with E-state index in [1.54, 1.807) is 0 Å². The molecule has 0 spiro atoms. The highest BCUT2D eigenvalue weighted by Gasteiger charge is 1.93. The molecule has 0 saturated carbocycles. The van der Waals surface area contributed by atoms with E-state index in [2.05, 4.69) is 12.2 Å². The molecule has 2 heteroatoms. The van der Waals surface area contributed by atoms with Crippen molar-refractivity contribution in [1.82, 2.24) is 5.32 Å². The SMILES string of the molecule is C1CCNC1.CCCCCl. The number of hydrogen-bond acceptors (Lipinski definition) is 1. The number of hydrogen-bond donors (Lipinski definition) is 1. The number of unbranched alkanes of at least 4 members (excludes halogenated alkanes) is 1. The molecule has 62 valence electrons. The quantitative estimate of drug-likeness (QED) is 0.617. The number of rotatable bonds is 2. The van der Waals surface area contributed by atoms with Crippen LogP contribution in [0.1, 0.15) is 32.6 Å². The summed E-state index contributed by atoms with van der Waals surface area (Å²) in [6.07, 6.45) is 5.14. The number of nitrogens with one attached hydrogen (secondary N) is 1. The Labute approximate surface area is 69.1 Å². The molecule has 0 unspecified atom stereocenters. The predicted octanol–water partition coefficient (Wildman–Crippen LogP) is 2.40. The Morgan fingerprint density at radius 1 is 1.30 bits per heavy atom. The minimum Gasteiger partial charge on any atom is -0.317 e. The van der Waals surface area contributed by atoms with Crippen molar-refractivity contribution in [3.8, 4) is 0 Å². The average molecular weight is 164 g/mol. The second kappa shape index (κ2) is 9.25. The zero-order valence-electron chi connectivity index (χ0n) is 6.83. The van der Waals surface area contributed by atoms with Gasteiger partial charge in [-0.15, -0.1) is 11.6 Å². The van der Waals surface area contributed by atoms with Gasteiger partial charge in [0.05, 0.1) is 0 Å². The van der Waals surface area contributed by atoms with Gasteiger partial charge >= 0.3 is 0 Å². The minimum absolute atomic E-state index is 0.816. The maximum Gasteiger partial charge on any atom is 0.0223 e. The van der Waals surface area contributed by atoms with E-state index in [0.29, 0.717) is 0 Å². The standard InChI is InChI=1S/C4H9Cl.C4H9N/c1-2-3-4-5;1-2-4-5-3-1/h2-4H2,1H3;5H,1-4H2. The van der Waals surface area contributed by atoms with Crippen LogP contribution in [0.15, 0.2) is 0 Å². The summed E-state index contributed by atoms with van der Waals surface area (Å²) in [5.74, 6) is 0.816. The predicted molar refractivity (Wildman–Crippen MR) is 47.7 cm³/mol. The van der Waals surface area contributed by atoms with Crippen LogP contribution in [-0.2, 0) is 0 Å². The lowest BCUT2D eigenvalue weighted by Gasteiger charge is -1.77. The van der Waals surface area contributed by atoms with Gasteiger partial charge in [0.2, 0.25) is 0 Å². The molecule has 0 bridgehead atoms. The first-order valence-corrected chi connectivity index (χ1v) is 4.72. The zero-order valence-corrected chi connectivity index (χ0v) is 7.58. The van der Waals surface area contributed by atoms with E-state index in [-0.39, 0.29) is 0 Å². The maximum absolute atomic E-state index is 5.30. The van der Waals surface area contributed by atoms with Crippen molar-refractivity contribution >= 4 is 11.6 Å². The molecule has 1 aliphatic heterocycles. The van der Waals surface area contributed by atoms with Gasteiger partial charge < -0.3 is 5.32 Å². The van der Waals surface area contributed by atoms with Crippen LogP contribution in [0.2, 0.25) is 0 Å². The van der Waals surface area contributed by atoms with Crippen molar-refractivity contribution in [1.29, 1.82) is 0 Å². The molecule has 1 nitrogen and oxygen atoms in total. The van der Waals surface area contributed by atoms with Crippen LogP contribution in [0.5, 0.6) is 0 Å². The Hall–Kier alpha value is 0.250. The van der Waals surface area contributed by atoms with Gasteiger partial charge in [0.15, 0.2) is 0 Å². The Morgan fingerprint density at radius 3 is 2.00 bits per heavy atom. The molecule has 1 rings (SSSR count). The fourth-order valence-corrected chi connectivity index (χ4v) is 1.03. The summed E-state index contributed by atoms with van der Waals surface area (Å²) in [7, 11) is 0. The monoisotopic (exact) mass is 163 g/mol. The summed E-state index contributed by atoms with van der Waals surface area (Å²) in [4.78, 5) is 0. The topological polar surface area (TPSA) is 12.0 Å². The van der Waals surface area contributed by atoms with Gasteiger partial charge in [-0.05, 0) is 32.4 Å². The highest BCUT2D eigenvalue weighted by atomic mass is 35.5. The summed E-state index contributed by atoms with van der Waals surface area (Å²) < 4.78 is 0. The first-order chi connectivity index (χ1) is 4.91. The van der Waals surface area contributed by atoms with Crippen LogP contribution in [-0.4, -0.2) is 19.0 Å². The highest BCUT2D eigenvalue weighted by Crippen LogP contribution is 1.90. The molecular formula is C8H18ClN. The van der Waals surface area contributed by atoms with E-state index >= 15 is 0 Å². The van der Waals surface area contributed by atoms with Crippen molar-refractivity contribution in [2.75, 3.05) is 19.0 Å². The van der Waals surface area contributed by atoms with Crippen LogP contribution in [0.4, 0.5) is 0 Å². The molecule has 1 aliphatic rings. The Kier molecular flexibility index (Phi) is 9.48. The molecule has 0 aliphatic carbocycles. The summed E-state index contributed by atoms with van der Waals surface area (Å²) in [5, 5.41) is 3.22. The largest absolute Gasteiger partial charge is 0.317 e.